The van der Waals surface area contributed by atoms with Crippen molar-refractivity contribution in [2.45, 2.75) is 19.9 Å². The zero-order chi connectivity index (χ0) is 13.8. The van der Waals surface area contributed by atoms with Gasteiger partial charge in [0.2, 0.25) is 11.8 Å². The van der Waals surface area contributed by atoms with Crippen molar-refractivity contribution in [3.05, 3.63) is 46.1 Å². The zero-order valence-electron chi connectivity index (χ0n) is 11.1. The normalized spacial score (nSPS) is 12.0. The van der Waals surface area contributed by atoms with Crippen molar-refractivity contribution in [1.82, 2.24) is 9.97 Å². The molecule has 0 amide bonds. The van der Waals surface area contributed by atoms with Crippen LogP contribution in [-0.4, -0.2) is 17.1 Å². The molecule has 0 saturated heterocycles. The van der Waals surface area contributed by atoms with Crippen LogP contribution in [0.1, 0.15) is 24.2 Å². The first-order valence-corrected chi connectivity index (χ1v) is 6.79. The van der Waals surface area contributed by atoms with E-state index in [-0.39, 0.29) is 6.04 Å². The molecule has 1 unspecified atom stereocenters. The van der Waals surface area contributed by atoms with Gasteiger partial charge in [-0.25, -0.2) is 4.98 Å². The summed E-state index contributed by atoms with van der Waals surface area (Å²) in [6, 6.07) is 10.1. The summed E-state index contributed by atoms with van der Waals surface area (Å²) in [7, 11) is 1.60. The highest BCUT2D eigenvalue weighted by Gasteiger charge is 2.08. The number of nitrogens with zero attached hydrogens (tertiary/aromatic N) is 2. The SMILES string of the molecule is COc1cc(C)nc(NC(C)c2ccc(Br)cc2)n1. The Morgan fingerprint density at radius 3 is 2.53 bits per heavy atom. The average molecular weight is 322 g/mol. The van der Waals surface area contributed by atoms with Crippen LogP contribution in [0.25, 0.3) is 0 Å². The van der Waals surface area contributed by atoms with Crippen molar-refractivity contribution in [3.8, 4) is 5.88 Å². The third kappa shape index (κ3) is 3.67. The predicted molar refractivity (Wildman–Crippen MR) is 79.5 cm³/mol. The van der Waals surface area contributed by atoms with Gasteiger partial charge in [0.05, 0.1) is 13.2 Å². The standard InChI is InChI=1S/C14H16BrN3O/c1-9-8-13(19-3)18-14(16-9)17-10(2)11-4-6-12(15)7-5-11/h4-8,10H,1-3H3,(H,16,17,18). The highest BCUT2D eigenvalue weighted by molar-refractivity contribution is 9.10. The second-order valence-electron chi connectivity index (χ2n) is 4.29. The lowest BCUT2D eigenvalue weighted by molar-refractivity contribution is 0.397. The minimum Gasteiger partial charge on any atom is -0.481 e. The molecule has 100 valence electrons. The van der Waals surface area contributed by atoms with Crippen LogP contribution in [0.4, 0.5) is 5.95 Å². The van der Waals surface area contributed by atoms with E-state index in [0.29, 0.717) is 11.8 Å². The lowest BCUT2D eigenvalue weighted by atomic mass is 10.1. The number of halogens is 1. The van der Waals surface area contributed by atoms with Gasteiger partial charge in [-0.2, -0.15) is 4.98 Å². The van der Waals surface area contributed by atoms with E-state index < -0.39 is 0 Å². The first-order chi connectivity index (χ1) is 9.08. The Kier molecular flexibility index (Phi) is 4.37. The van der Waals surface area contributed by atoms with E-state index in [2.05, 4.69) is 50.3 Å². The number of benzene rings is 1. The largest absolute Gasteiger partial charge is 0.481 e. The average Bonchev–Trinajstić information content (AvgIpc) is 2.38. The minimum absolute atomic E-state index is 0.125. The fraction of sp³-hybridized carbons (Fsp3) is 0.286. The van der Waals surface area contributed by atoms with Crippen molar-refractivity contribution < 1.29 is 4.74 Å². The Morgan fingerprint density at radius 2 is 1.89 bits per heavy atom. The predicted octanol–water partition coefficient (Wildman–Crippen LogP) is 3.73. The molecule has 1 aromatic carbocycles. The van der Waals surface area contributed by atoms with Crippen molar-refractivity contribution in [2.24, 2.45) is 0 Å². The highest BCUT2D eigenvalue weighted by atomic mass is 79.9. The number of hydrogen-bond donors (Lipinski definition) is 1. The van der Waals surface area contributed by atoms with Crippen LogP contribution in [-0.2, 0) is 0 Å². The van der Waals surface area contributed by atoms with Crippen molar-refractivity contribution in [3.63, 3.8) is 0 Å². The maximum atomic E-state index is 5.14. The molecule has 1 heterocycles. The summed E-state index contributed by atoms with van der Waals surface area (Å²) in [4.78, 5) is 8.63. The summed E-state index contributed by atoms with van der Waals surface area (Å²) in [6.45, 7) is 3.99. The molecule has 19 heavy (non-hydrogen) atoms. The molecule has 2 rings (SSSR count). The summed E-state index contributed by atoms with van der Waals surface area (Å²) in [6.07, 6.45) is 0. The van der Waals surface area contributed by atoms with Gasteiger partial charge < -0.3 is 10.1 Å². The number of anilines is 1. The van der Waals surface area contributed by atoms with Crippen LogP contribution in [0.2, 0.25) is 0 Å². The van der Waals surface area contributed by atoms with Gasteiger partial charge in [-0.15, -0.1) is 0 Å². The smallest absolute Gasteiger partial charge is 0.226 e. The molecule has 0 radical (unpaired) electrons. The number of hydrogen-bond acceptors (Lipinski definition) is 4. The fourth-order valence-corrected chi connectivity index (χ4v) is 2.00. The molecule has 0 aliphatic heterocycles. The minimum atomic E-state index is 0.125. The van der Waals surface area contributed by atoms with Crippen molar-refractivity contribution in [1.29, 1.82) is 0 Å². The number of aromatic nitrogens is 2. The summed E-state index contributed by atoms with van der Waals surface area (Å²) in [5, 5.41) is 3.28. The number of ether oxygens (including phenoxy) is 1. The second kappa shape index (κ2) is 6.02. The Bertz CT molecular complexity index is 557. The molecule has 1 N–H and O–H groups in total. The molecule has 0 fully saturated rings. The van der Waals surface area contributed by atoms with Crippen LogP contribution < -0.4 is 10.1 Å². The van der Waals surface area contributed by atoms with Crippen LogP contribution in [0, 0.1) is 6.92 Å². The van der Waals surface area contributed by atoms with Crippen molar-refractivity contribution >= 4 is 21.9 Å². The fourth-order valence-electron chi connectivity index (χ4n) is 1.74. The number of methoxy groups -OCH3 is 1. The quantitative estimate of drug-likeness (QED) is 0.932. The lowest BCUT2D eigenvalue weighted by Crippen LogP contribution is -2.10. The Hall–Kier alpha value is -1.62. The first-order valence-electron chi connectivity index (χ1n) is 6.00. The molecule has 0 aliphatic rings. The molecular formula is C14H16BrN3O. The van der Waals surface area contributed by atoms with E-state index in [9.17, 15) is 0 Å². The van der Waals surface area contributed by atoms with E-state index in [1.165, 1.54) is 5.56 Å². The molecule has 1 atom stereocenters. The maximum Gasteiger partial charge on any atom is 0.226 e. The van der Waals surface area contributed by atoms with Gasteiger partial charge in [0.1, 0.15) is 0 Å². The molecule has 0 saturated carbocycles. The van der Waals surface area contributed by atoms with Gasteiger partial charge in [-0.1, -0.05) is 28.1 Å². The van der Waals surface area contributed by atoms with E-state index in [1.54, 1.807) is 13.2 Å². The van der Waals surface area contributed by atoms with Crippen molar-refractivity contribution in [2.75, 3.05) is 12.4 Å². The molecule has 0 bridgehead atoms. The third-order valence-electron chi connectivity index (χ3n) is 2.76. The molecule has 1 aromatic heterocycles. The number of rotatable bonds is 4. The molecule has 2 aromatic rings. The van der Waals surface area contributed by atoms with Gasteiger partial charge in [0.25, 0.3) is 0 Å². The van der Waals surface area contributed by atoms with Crippen LogP contribution in [0.5, 0.6) is 5.88 Å². The summed E-state index contributed by atoms with van der Waals surface area (Å²) in [5.41, 5.74) is 2.05. The van der Waals surface area contributed by atoms with Gasteiger partial charge in [0.15, 0.2) is 0 Å². The molecule has 0 spiro atoms. The topological polar surface area (TPSA) is 47.0 Å². The molecule has 0 aliphatic carbocycles. The third-order valence-corrected chi connectivity index (χ3v) is 3.28. The Morgan fingerprint density at radius 1 is 1.21 bits per heavy atom. The van der Waals surface area contributed by atoms with Gasteiger partial charge in [0, 0.05) is 16.2 Å². The number of aryl methyl sites for hydroxylation is 1. The molecule has 4 nitrogen and oxygen atoms in total. The second-order valence-corrected chi connectivity index (χ2v) is 5.21. The van der Waals surface area contributed by atoms with Crippen LogP contribution in [0.15, 0.2) is 34.8 Å². The summed E-state index contributed by atoms with van der Waals surface area (Å²) >= 11 is 3.43. The van der Waals surface area contributed by atoms with Gasteiger partial charge in [-0.3, -0.25) is 0 Å². The van der Waals surface area contributed by atoms with Gasteiger partial charge >= 0.3 is 0 Å². The van der Waals surface area contributed by atoms with E-state index in [1.807, 2.05) is 19.1 Å². The monoisotopic (exact) mass is 321 g/mol. The summed E-state index contributed by atoms with van der Waals surface area (Å²) in [5.74, 6) is 1.14. The Balaban J connectivity index is 2.16. The first kappa shape index (κ1) is 13.8. The molecular weight excluding hydrogens is 306 g/mol. The lowest BCUT2D eigenvalue weighted by Gasteiger charge is -2.15. The van der Waals surface area contributed by atoms with Crippen LogP contribution >= 0.6 is 15.9 Å². The van der Waals surface area contributed by atoms with Gasteiger partial charge in [-0.05, 0) is 31.5 Å². The van der Waals surface area contributed by atoms with E-state index in [0.717, 1.165) is 10.2 Å². The van der Waals surface area contributed by atoms with Crippen LogP contribution in [0.3, 0.4) is 0 Å². The highest BCUT2D eigenvalue weighted by Crippen LogP contribution is 2.20. The van der Waals surface area contributed by atoms with E-state index in [4.69, 9.17) is 4.74 Å². The summed E-state index contributed by atoms with van der Waals surface area (Å²) < 4.78 is 6.21. The Labute approximate surface area is 121 Å². The van der Waals surface area contributed by atoms with E-state index >= 15 is 0 Å². The zero-order valence-corrected chi connectivity index (χ0v) is 12.7. The maximum absolute atomic E-state index is 5.14. The molecule has 5 heteroatoms. The number of nitrogens with one attached hydrogen (secondary N) is 1.